The van der Waals surface area contributed by atoms with Crippen molar-refractivity contribution in [2.45, 2.75) is 57.8 Å². The maximum absolute atomic E-state index is 14.1. The van der Waals surface area contributed by atoms with E-state index in [0.29, 0.717) is 0 Å². The van der Waals surface area contributed by atoms with E-state index in [-0.39, 0.29) is 41.2 Å². The first kappa shape index (κ1) is 26.6. The largest absolute Gasteiger partial charge is 0.573 e. The molecule has 1 aliphatic heterocycles. The fraction of sp³-hybridized carbons (Fsp3) is 0.417. The zero-order valence-electron chi connectivity index (χ0n) is 19.3. The molecule has 0 aliphatic carbocycles. The quantitative estimate of drug-likeness (QED) is 0.466. The van der Waals surface area contributed by atoms with Crippen molar-refractivity contribution in [1.82, 2.24) is 4.90 Å². The van der Waals surface area contributed by atoms with E-state index in [1.807, 2.05) is 0 Å². The predicted octanol–water partition coefficient (Wildman–Crippen LogP) is 6.58. The second-order valence-electron chi connectivity index (χ2n) is 9.04. The van der Waals surface area contributed by atoms with E-state index < -0.39 is 41.9 Å². The average Bonchev–Trinajstić information content (AvgIpc) is 2.72. The lowest BCUT2D eigenvalue weighted by molar-refractivity contribution is -0.274. The maximum Gasteiger partial charge on any atom is 0.573 e. The minimum atomic E-state index is -4.88. The van der Waals surface area contributed by atoms with E-state index in [4.69, 9.17) is 16.3 Å². The van der Waals surface area contributed by atoms with Crippen molar-refractivity contribution in [3.8, 4) is 16.9 Å². The number of benzene rings is 2. The topological polar surface area (TPSA) is 67.9 Å². The molecule has 6 nitrogen and oxygen atoms in total. The van der Waals surface area contributed by atoms with Gasteiger partial charge >= 0.3 is 12.5 Å². The predicted molar refractivity (Wildman–Crippen MR) is 123 cm³/mol. The molecule has 1 N–H and O–H groups in total. The number of piperidine rings is 1. The van der Waals surface area contributed by atoms with Gasteiger partial charge in [-0.1, -0.05) is 35.9 Å². The highest BCUT2D eigenvalue weighted by atomic mass is 35.5. The molecule has 3 rings (SSSR count). The van der Waals surface area contributed by atoms with Crippen molar-refractivity contribution >= 4 is 29.3 Å². The molecule has 0 saturated carbocycles. The Morgan fingerprint density at radius 2 is 1.77 bits per heavy atom. The monoisotopic (exact) mass is 516 g/mol. The van der Waals surface area contributed by atoms with Crippen molar-refractivity contribution < 1.29 is 36.6 Å². The van der Waals surface area contributed by atoms with Gasteiger partial charge in [-0.05, 0) is 45.4 Å². The summed E-state index contributed by atoms with van der Waals surface area (Å²) in [6, 6.07) is 8.63. The minimum Gasteiger partial charge on any atom is -0.444 e. The third-order valence-electron chi connectivity index (χ3n) is 5.11. The number of carbonyl (C=O) groups is 2. The van der Waals surface area contributed by atoms with Crippen molar-refractivity contribution in [2.24, 2.45) is 0 Å². The van der Waals surface area contributed by atoms with E-state index in [9.17, 15) is 27.2 Å². The second-order valence-corrected chi connectivity index (χ2v) is 9.45. The summed E-state index contributed by atoms with van der Waals surface area (Å²) < 4.78 is 61.8. The molecule has 2 aromatic carbocycles. The third kappa shape index (κ3) is 7.24. The van der Waals surface area contributed by atoms with Crippen molar-refractivity contribution in [3.63, 3.8) is 0 Å². The van der Waals surface area contributed by atoms with Gasteiger partial charge in [0, 0.05) is 29.8 Å². The number of hydrogen-bond acceptors (Lipinski definition) is 4. The highest BCUT2D eigenvalue weighted by Crippen LogP contribution is 2.38. The summed E-state index contributed by atoms with van der Waals surface area (Å²) in [5.74, 6) is -1.06. The average molecular weight is 517 g/mol. The molecule has 190 valence electrons. The number of rotatable bonds is 4. The van der Waals surface area contributed by atoms with Gasteiger partial charge in [0.1, 0.15) is 23.6 Å². The van der Waals surface area contributed by atoms with Crippen LogP contribution in [0.4, 0.5) is 28.0 Å². The summed E-state index contributed by atoms with van der Waals surface area (Å²) in [6.07, 6.45) is -6.98. The van der Waals surface area contributed by atoms with E-state index >= 15 is 0 Å². The van der Waals surface area contributed by atoms with Gasteiger partial charge in [-0.15, -0.1) is 13.2 Å². The molecule has 0 spiro atoms. The van der Waals surface area contributed by atoms with Gasteiger partial charge in [-0.3, -0.25) is 9.69 Å². The minimum absolute atomic E-state index is 0.0177. The van der Waals surface area contributed by atoms with Crippen LogP contribution >= 0.6 is 11.6 Å². The first-order valence-corrected chi connectivity index (χ1v) is 11.2. The Hall–Kier alpha value is -3.01. The van der Waals surface area contributed by atoms with Crippen LogP contribution < -0.4 is 10.1 Å². The zero-order valence-corrected chi connectivity index (χ0v) is 20.0. The lowest BCUT2D eigenvalue weighted by Gasteiger charge is -2.37. The van der Waals surface area contributed by atoms with Gasteiger partial charge < -0.3 is 14.8 Å². The molecule has 1 fully saturated rings. The van der Waals surface area contributed by atoms with Crippen molar-refractivity contribution in [1.29, 1.82) is 0 Å². The molecule has 2 aromatic rings. The molecule has 35 heavy (non-hydrogen) atoms. The Balaban J connectivity index is 1.80. The van der Waals surface area contributed by atoms with Crippen LogP contribution in [0, 0.1) is 0 Å². The number of nitrogens with zero attached hydrogens (tertiary/aromatic N) is 1. The Labute approximate surface area is 205 Å². The molecule has 0 radical (unpaired) electrons. The third-order valence-corrected chi connectivity index (χ3v) is 5.42. The van der Waals surface area contributed by atoms with Crippen LogP contribution in [0.3, 0.4) is 0 Å². The van der Waals surface area contributed by atoms with Crippen LogP contribution in [0.2, 0.25) is 5.02 Å². The van der Waals surface area contributed by atoms with Crippen molar-refractivity contribution in [3.05, 3.63) is 47.5 Å². The van der Waals surface area contributed by atoms with Gasteiger partial charge in [-0.2, -0.15) is 0 Å². The number of amides is 2. The Kier molecular flexibility index (Phi) is 7.83. The Morgan fingerprint density at radius 3 is 2.40 bits per heavy atom. The first-order chi connectivity index (χ1) is 16.2. The number of ether oxygens (including phenoxy) is 2. The summed E-state index contributed by atoms with van der Waals surface area (Å²) in [5.41, 5.74) is -0.207. The normalized spacial score (nSPS) is 18.7. The second kappa shape index (κ2) is 10.3. The molecule has 1 saturated heterocycles. The van der Waals surface area contributed by atoms with E-state index in [0.717, 1.165) is 6.07 Å². The molecule has 0 bridgehead atoms. The number of hydrogen-bond donors (Lipinski definition) is 1. The number of halogens is 5. The van der Waals surface area contributed by atoms with E-state index in [1.165, 1.54) is 41.3 Å². The highest BCUT2D eigenvalue weighted by molar-refractivity contribution is 6.33. The lowest BCUT2D eigenvalue weighted by Crippen LogP contribution is -2.53. The molecule has 1 heterocycles. The molecule has 2 atom stereocenters. The zero-order chi connectivity index (χ0) is 26.0. The number of alkyl halides is 4. The summed E-state index contributed by atoms with van der Waals surface area (Å²) >= 11 is 6.32. The number of para-hydroxylation sites is 1. The Morgan fingerprint density at radius 1 is 1.09 bits per heavy atom. The number of anilines is 1. The SMILES string of the molecule is CC(C)(C)OC(=O)N1CC[C@@H](F)C[C@@H]1C(=O)Nc1ccc(-c2ccccc2OC(F)(F)F)c(Cl)c1. The van der Waals surface area contributed by atoms with Gasteiger partial charge in [0.15, 0.2) is 0 Å². The van der Waals surface area contributed by atoms with Gasteiger partial charge in [0.25, 0.3) is 0 Å². The fourth-order valence-corrected chi connectivity index (χ4v) is 3.93. The van der Waals surface area contributed by atoms with Crippen LogP contribution in [0.25, 0.3) is 11.1 Å². The Bertz CT molecular complexity index is 1090. The summed E-state index contributed by atoms with van der Waals surface area (Å²) in [4.78, 5) is 26.7. The number of likely N-dealkylation sites (tertiary alicyclic amines) is 1. The van der Waals surface area contributed by atoms with Gasteiger partial charge in [0.05, 0.1) is 5.02 Å². The molecule has 1 aliphatic rings. The van der Waals surface area contributed by atoms with E-state index in [1.54, 1.807) is 20.8 Å². The standard InChI is InChI=1S/C24H25ClF4N2O4/c1-23(2,3)35-22(33)31-11-10-14(26)12-19(31)21(32)30-15-8-9-16(18(25)13-15)17-6-4-5-7-20(17)34-24(27,28)29/h4-9,13-14,19H,10-12H2,1-3H3,(H,30,32)/t14-,19-/m1/s1. The van der Waals surface area contributed by atoms with Crippen LogP contribution in [0.5, 0.6) is 5.75 Å². The first-order valence-electron chi connectivity index (χ1n) is 10.8. The van der Waals surface area contributed by atoms with Gasteiger partial charge in [-0.25, -0.2) is 9.18 Å². The molecule has 2 amide bonds. The van der Waals surface area contributed by atoms with Crippen LogP contribution in [-0.4, -0.2) is 47.6 Å². The summed E-state index contributed by atoms with van der Waals surface area (Å²) in [6.45, 7) is 5.07. The number of nitrogens with one attached hydrogen (secondary N) is 1. The molecule has 0 unspecified atom stereocenters. The van der Waals surface area contributed by atoms with Crippen molar-refractivity contribution in [2.75, 3.05) is 11.9 Å². The fourth-order valence-electron chi connectivity index (χ4n) is 3.65. The highest BCUT2D eigenvalue weighted by Gasteiger charge is 2.38. The smallest absolute Gasteiger partial charge is 0.444 e. The summed E-state index contributed by atoms with van der Waals surface area (Å²) in [5, 5.41) is 2.65. The van der Waals surface area contributed by atoms with Gasteiger partial charge in [0.2, 0.25) is 5.91 Å². The molecular weight excluding hydrogens is 492 g/mol. The maximum atomic E-state index is 14.1. The number of carbonyl (C=O) groups excluding carboxylic acids is 2. The summed E-state index contributed by atoms with van der Waals surface area (Å²) in [7, 11) is 0. The van der Waals surface area contributed by atoms with Crippen LogP contribution in [-0.2, 0) is 9.53 Å². The van der Waals surface area contributed by atoms with Crippen LogP contribution in [0.1, 0.15) is 33.6 Å². The lowest BCUT2D eigenvalue weighted by atomic mass is 10.00. The molecular formula is C24H25ClF4N2O4. The van der Waals surface area contributed by atoms with Crippen LogP contribution in [0.15, 0.2) is 42.5 Å². The molecule has 0 aromatic heterocycles. The molecule has 11 heteroatoms. The van der Waals surface area contributed by atoms with E-state index in [2.05, 4.69) is 10.1 Å².